The molecule has 0 amide bonds. The first-order chi connectivity index (χ1) is 11.1. The van der Waals surface area contributed by atoms with Crippen molar-refractivity contribution in [3.05, 3.63) is 59.9 Å². The molecule has 0 radical (unpaired) electrons. The third-order valence-electron chi connectivity index (χ3n) is 3.94. The second kappa shape index (κ2) is 6.75. The number of esters is 1. The van der Waals surface area contributed by atoms with Crippen LogP contribution in [-0.4, -0.2) is 28.3 Å². The molecular formula is C19H19NO3. The van der Waals surface area contributed by atoms with Gasteiger partial charge in [-0.05, 0) is 30.2 Å². The Bertz CT molecular complexity index is 725. The normalized spacial score (nSPS) is 21.4. The number of hydrogen-bond donors (Lipinski definition) is 1. The third-order valence-corrected chi connectivity index (χ3v) is 3.94. The molecule has 1 fully saturated rings. The van der Waals surface area contributed by atoms with Gasteiger partial charge < -0.3 is 9.84 Å². The highest BCUT2D eigenvalue weighted by Crippen LogP contribution is 2.27. The molecular weight excluding hydrogens is 290 g/mol. The molecule has 1 saturated heterocycles. The first-order valence-electron chi connectivity index (χ1n) is 7.70. The lowest BCUT2D eigenvalue weighted by Crippen LogP contribution is -2.31. The number of aryl methyl sites for hydroxylation is 1. The summed E-state index contributed by atoms with van der Waals surface area (Å²) in [6.07, 6.45) is 5.04. The summed E-state index contributed by atoms with van der Waals surface area (Å²) in [5.74, 6) is -0.357. The number of rotatable bonds is 3. The maximum atomic E-state index is 11.4. The van der Waals surface area contributed by atoms with E-state index in [0.717, 1.165) is 22.4 Å². The van der Waals surface area contributed by atoms with Crippen molar-refractivity contribution in [2.24, 2.45) is 0 Å². The van der Waals surface area contributed by atoms with Crippen LogP contribution in [-0.2, 0) is 9.53 Å². The van der Waals surface area contributed by atoms with E-state index < -0.39 is 12.2 Å². The minimum Gasteiger partial charge on any atom is -0.458 e. The van der Waals surface area contributed by atoms with E-state index in [1.54, 1.807) is 6.20 Å². The van der Waals surface area contributed by atoms with E-state index in [2.05, 4.69) is 17.1 Å². The molecule has 23 heavy (non-hydrogen) atoms. The van der Waals surface area contributed by atoms with E-state index in [1.807, 2.05) is 43.3 Å². The standard InChI is InChI=1S/C19H19NO3/c1-13-17(8-7-16-11-15(21)12-19(22)23-16)18(9-10-20-13)14-5-3-2-4-6-14/h2-10,15-16,21H,11-12H2,1H3/b8-7+/t15-,16-/m0/s1. The first kappa shape index (κ1) is 15.4. The van der Waals surface area contributed by atoms with E-state index in [4.69, 9.17) is 4.74 Å². The number of pyridine rings is 1. The zero-order chi connectivity index (χ0) is 16.2. The topological polar surface area (TPSA) is 59.4 Å². The molecule has 0 unspecified atom stereocenters. The van der Waals surface area contributed by atoms with Gasteiger partial charge in [-0.15, -0.1) is 0 Å². The zero-order valence-electron chi connectivity index (χ0n) is 13.0. The minimum atomic E-state index is -0.630. The fraction of sp³-hybridized carbons (Fsp3) is 0.263. The number of aliphatic hydroxyl groups is 1. The number of benzene rings is 1. The Morgan fingerprint density at radius 1 is 1.26 bits per heavy atom. The van der Waals surface area contributed by atoms with Gasteiger partial charge in [0, 0.05) is 23.9 Å². The lowest BCUT2D eigenvalue weighted by molar-refractivity contribution is -0.156. The van der Waals surface area contributed by atoms with E-state index >= 15 is 0 Å². The molecule has 0 saturated carbocycles. The molecule has 0 bridgehead atoms. The lowest BCUT2D eigenvalue weighted by Gasteiger charge is -2.23. The van der Waals surface area contributed by atoms with E-state index in [0.29, 0.717) is 6.42 Å². The summed E-state index contributed by atoms with van der Waals surface area (Å²) in [5.41, 5.74) is 4.09. The molecule has 2 atom stereocenters. The molecule has 1 aliphatic heterocycles. The van der Waals surface area contributed by atoms with Gasteiger partial charge in [-0.25, -0.2) is 0 Å². The number of nitrogens with zero attached hydrogens (tertiary/aromatic N) is 1. The molecule has 0 spiro atoms. The Morgan fingerprint density at radius 2 is 2.04 bits per heavy atom. The Hall–Kier alpha value is -2.46. The summed E-state index contributed by atoms with van der Waals surface area (Å²) >= 11 is 0. The Kier molecular flexibility index (Phi) is 4.53. The molecule has 2 aromatic rings. The predicted molar refractivity (Wildman–Crippen MR) is 88.6 cm³/mol. The highest BCUT2D eigenvalue weighted by molar-refractivity contribution is 5.76. The smallest absolute Gasteiger partial charge is 0.309 e. The SMILES string of the molecule is Cc1nccc(-c2ccccc2)c1/C=C/[C@H]1C[C@H](O)CC(=O)O1. The fourth-order valence-electron chi connectivity index (χ4n) is 2.79. The van der Waals surface area contributed by atoms with Gasteiger partial charge in [-0.1, -0.05) is 36.4 Å². The molecule has 4 nitrogen and oxygen atoms in total. The summed E-state index contributed by atoms with van der Waals surface area (Å²) < 4.78 is 5.26. The molecule has 1 aliphatic rings. The van der Waals surface area contributed by atoms with Gasteiger partial charge in [0.15, 0.2) is 0 Å². The Labute approximate surface area is 135 Å². The minimum absolute atomic E-state index is 0.0749. The monoisotopic (exact) mass is 309 g/mol. The maximum absolute atomic E-state index is 11.4. The van der Waals surface area contributed by atoms with Crippen LogP contribution in [0.25, 0.3) is 17.2 Å². The summed E-state index contributed by atoms with van der Waals surface area (Å²) in [7, 11) is 0. The number of aliphatic hydroxyl groups excluding tert-OH is 1. The van der Waals surface area contributed by atoms with E-state index in [-0.39, 0.29) is 12.4 Å². The van der Waals surface area contributed by atoms with Gasteiger partial charge in [-0.3, -0.25) is 9.78 Å². The maximum Gasteiger partial charge on any atom is 0.309 e. The molecule has 118 valence electrons. The highest BCUT2D eigenvalue weighted by Gasteiger charge is 2.25. The van der Waals surface area contributed by atoms with Crippen molar-refractivity contribution >= 4 is 12.0 Å². The molecule has 2 heterocycles. The molecule has 4 heteroatoms. The predicted octanol–water partition coefficient (Wildman–Crippen LogP) is 3.14. The first-order valence-corrected chi connectivity index (χ1v) is 7.70. The Morgan fingerprint density at radius 3 is 2.78 bits per heavy atom. The van der Waals surface area contributed by atoms with Crippen LogP contribution in [0, 0.1) is 6.92 Å². The number of aromatic nitrogens is 1. The van der Waals surface area contributed by atoms with Crippen LogP contribution in [0.3, 0.4) is 0 Å². The van der Waals surface area contributed by atoms with Crippen molar-refractivity contribution in [3.8, 4) is 11.1 Å². The average molecular weight is 309 g/mol. The molecule has 1 aromatic carbocycles. The van der Waals surface area contributed by atoms with Crippen molar-refractivity contribution in [1.82, 2.24) is 4.98 Å². The van der Waals surface area contributed by atoms with Gasteiger partial charge in [0.2, 0.25) is 0 Å². The molecule has 0 aliphatic carbocycles. The van der Waals surface area contributed by atoms with Crippen molar-refractivity contribution in [2.45, 2.75) is 32.0 Å². The summed E-state index contributed by atoms with van der Waals surface area (Å²) in [6.45, 7) is 1.95. The number of carbonyl (C=O) groups is 1. The van der Waals surface area contributed by atoms with E-state index in [1.165, 1.54) is 0 Å². The van der Waals surface area contributed by atoms with Crippen LogP contribution in [0.1, 0.15) is 24.1 Å². The fourth-order valence-corrected chi connectivity index (χ4v) is 2.79. The largest absolute Gasteiger partial charge is 0.458 e. The average Bonchev–Trinajstić information content (AvgIpc) is 2.53. The highest BCUT2D eigenvalue weighted by atomic mass is 16.5. The number of hydrogen-bond acceptors (Lipinski definition) is 4. The summed E-state index contributed by atoms with van der Waals surface area (Å²) in [5, 5.41) is 9.69. The molecule has 3 rings (SSSR count). The van der Waals surface area contributed by atoms with Crippen molar-refractivity contribution in [2.75, 3.05) is 0 Å². The van der Waals surface area contributed by atoms with Crippen LogP contribution >= 0.6 is 0 Å². The summed E-state index contributed by atoms with van der Waals surface area (Å²) in [4.78, 5) is 15.8. The van der Waals surface area contributed by atoms with Crippen molar-refractivity contribution in [1.29, 1.82) is 0 Å². The second-order valence-corrected chi connectivity index (χ2v) is 5.70. The van der Waals surface area contributed by atoms with Crippen LogP contribution < -0.4 is 0 Å². The van der Waals surface area contributed by atoms with Gasteiger partial charge >= 0.3 is 5.97 Å². The van der Waals surface area contributed by atoms with Gasteiger partial charge in [-0.2, -0.15) is 0 Å². The zero-order valence-corrected chi connectivity index (χ0v) is 13.0. The van der Waals surface area contributed by atoms with Crippen LogP contribution in [0.2, 0.25) is 0 Å². The summed E-state index contributed by atoms with van der Waals surface area (Å²) in [6, 6.07) is 12.1. The van der Waals surface area contributed by atoms with Crippen molar-refractivity contribution < 1.29 is 14.6 Å². The Balaban J connectivity index is 1.91. The van der Waals surface area contributed by atoms with Crippen LogP contribution in [0.15, 0.2) is 48.7 Å². The molecule has 1 aromatic heterocycles. The van der Waals surface area contributed by atoms with Crippen LogP contribution in [0.4, 0.5) is 0 Å². The van der Waals surface area contributed by atoms with Gasteiger partial charge in [0.1, 0.15) is 6.10 Å². The third kappa shape index (κ3) is 3.66. The quantitative estimate of drug-likeness (QED) is 0.885. The van der Waals surface area contributed by atoms with Crippen molar-refractivity contribution in [3.63, 3.8) is 0 Å². The van der Waals surface area contributed by atoms with Crippen LogP contribution in [0.5, 0.6) is 0 Å². The van der Waals surface area contributed by atoms with Gasteiger partial charge in [0.25, 0.3) is 0 Å². The second-order valence-electron chi connectivity index (χ2n) is 5.70. The molecule has 1 N–H and O–H groups in total. The van der Waals surface area contributed by atoms with E-state index in [9.17, 15) is 9.90 Å². The number of carbonyl (C=O) groups excluding carboxylic acids is 1. The lowest BCUT2D eigenvalue weighted by atomic mass is 9.98. The number of cyclic esters (lactones) is 1. The number of ether oxygens (including phenoxy) is 1. The van der Waals surface area contributed by atoms with Gasteiger partial charge in [0.05, 0.1) is 12.5 Å².